The molecule has 2 amide bonds. The smallest absolute Gasteiger partial charge is 0.315 e. The van der Waals surface area contributed by atoms with Gasteiger partial charge in [0.05, 0.1) is 30.9 Å². The van der Waals surface area contributed by atoms with Crippen molar-refractivity contribution in [3.05, 3.63) is 29.3 Å². The molecule has 10 nitrogen and oxygen atoms in total. The average molecular weight is 563 g/mol. The molecule has 0 bridgehead atoms. The fraction of sp³-hybridized carbons (Fsp3) is 0.607. The van der Waals surface area contributed by atoms with Gasteiger partial charge in [0.25, 0.3) is 0 Å². The second kappa shape index (κ2) is 15.7. The second-order valence-corrected chi connectivity index (χ2v) is 11.2. The molecule has 1 aromatic rings. The monoisotopic (exact) mass is 562 g/mol. The highest BCUT2D eigenvalue weighted by Gasteiger charge is 2.42. The Balaban J connectivity index is 1.15. The van der Waals surface area contributed by atoms with Crippen LogP contribution in [-0.4, -0.2) is 83.8 Å². The normalized spacial score (nSPS) is 19.8. The molecule has 1 aromatic carbocycles. The first kappa shape index (κ1) is 30.8. The van der Waals surface area contributed by atoms with E-state index >= 15 is 0 Å². The van der Waals surface area contributed by atoms with Crippen LogP contribution in [0.5, 0.6) is 5.75 Å². The van der Waals surface area contributed by atoms with Crippen molar-refractivity contribution in [2.75, 3.05) is 32.2 Å². The highest BCUT2D eigenvalue weighted by Crippen LogP contribution is 2.33. The van der Waals surface area contributed by atoms with Crippen LogP contribution in [0, 0.1) is 0 Å². The van der Waals surface area contributed by atoms with Gasteiger partial charge in [-0.15, -0.1) is 0 Å². The van der Waals surface area contributed by atoms with Gasteiger partial charge in [-0.05, 0) is 43.9 Å². The molecular formula is C28H38N2O8S. The number of Topliss-reactive ketones (excluding diaryl/α,β-unsaturated/α-hetero) is 4. The molecule has 2 aliphatic heterocycles. The van der Waals surface area contributed by atoms with Crippen molar-refractivity contribution in [3.8, 4) is 5.75 Å². The lowest BCUT2D eigenvalue weighted by atomic mass is 10.00. The third-order valence-electron chi connectivity index (χ3n) is 6.82. The number of hydrogen-bond donors (Lipinski definition) is 3. The van der Waals surface area contributed by atoms with Crippen LogP contribution in [0.1, 0.15) is 79.0 Å². The van der Waals surface area contributed by atoms with Gasteiger partial charge in [0.1, 0.15) is 11.5 Å². The van der Waals surface area contributed by atoms with Gasteiger partial charge in [-0.1, -0.05) is 6.42 Å². The third-order valence-corrected chi connectivity index (χ3v) is 8.33. The topological polar surface area (TPSA) is 148 Å². The SMILES string of the molecule is CC(=O)C(=O)c1ccc(O)c(C(=O)CCCOCCOCCCC(=O)CCCCC2SCC3NC(=O)NC32)c1. The molecule has 3 atom stereocenters. The van der Waals surface area contributed by atoms with Gasteiger partial charge in [0.2, 0.25) is 5.78 Å². The maximum Gasteiger partial charge on any atom is 0.315 e. The van der Waals surface area contributed by atoms with Crippen LogP contribution in [0.15, 0.2) is 18.2 Å². The van der Waals surface area contributed by atoms with Crippen molar-refractivity contribution >= 4 is 40.9 Å². The zero-order valence-electron chi connectivity index (χ0n) is 22.4. The van der Waals surface area contributed by atoms with E-state index in [1.165, 1.54) is 18.2 Å². The van der Waals surface area contributed by atoms with Crippen LogP contribution in [0.4, 0.5) is 4.79 Å². The first-order chi connectivity index (χ1) is 18.8. The van der Waals surface area contributed by atoms with Crippen molar-refractivity contribution < 1.29 is 38.6 Å². The molecule has 3 unspecified atom stereocenters. The lowest BCUT2D eigenvalue weighted by Gasteiger charge is -2.16. The molecule has 3 N–H and O–H groups in total. The summed E-state index contributed by atoms with van der Waals surface area (Å²) in [5.74, 6) is -0.706. The molecule has 214 valence electrons. The zero-order chi connectivity index (χ0) is 28.2. The van der Waals surface area contributed by atoms with Gasteiger partial charge in [-0.3, -0.25) is 19.2 Å². The van der Waals surface area contributed by atoms with Crippen molar-refractivity contribution in [2.45, 2.75) is 75.6 Å². The molecule has 2 heterocycles. The summed E-state index contributed by atoms with van der Waals surface area (Å²) in [4.78, 5) is 59.0. The van der Waals surface area contributed by atoms with E-state index in [2.05, 4.69) is 10.6 Å². The lowest BCUT2D eigenvalue weighted by Crippen LogP contribution is -2.36. The predicted molar refractivity (Wildman–Crippen MR) is 147 cm³/mol. The van der Waals surface area contributed by atoms with Crippen LogP contribution in [0.2, 0.25) is 0 Å². The number of ether oxygens (including phenoxy) is 2. The first-order valence-corrected chi connectivity index (χ1v) is 14.6. The summed E-state index contributed by atoms with van der Waals surface area (Å²) in [5, 5.41) is 16.3. The van der Waals surface area contributed by atoms with E-state index in [1.807, 2.05) is 11.8 Å². The van der Waals surface area contributed by atoms with Gasteiger partial charge in [0, 0.05) is 56.0 Å². The number of rotatable bonds is 19. The van der Waals surface area contributed by atoms with Gasteiger partial charge in [-0.2, -0.15) is 11.8 Å². The van der Waals surface area contributed by atoms with E-state index in [0.29, 0.717) is 57.4 Å². The minimum absolute atomic E-state index is 0.0163. The fourth-order valence-corrected chi connectivity index (χ4v) is 6.25. The molecule has 39 heavy (non-hydrogen) atoms. The molecule has 2 aliphatic rings. The van der Waals surface area contributed by atoms with Crippen LogP contribution in [-0.2, 0) is 19.1 Å². The van der Waals surface area contributed by atoms with Crippen LogP contribution in [0.25, 0.3) is 0 Å². The minimum Gasteiger partial charge on any atom is -0.507 e. The summed E-state index contributed by atoms with van der Waals surface area (Å²) in [6.07, 6.45) is 5.16. The highest BCUT2D eigenvalue weighted by atomic mass is 32.2. The number of hydrogen-bond acceptors (Lipinski definition) is 9. The number of carbonyl (C=O) groups excluding carboxylic acids is 5. The van der Waals surface area contributed by atoms with Crippen molar-refractivity contribution in [3.63, 3.8) is 0 Å². The number of ketones is 4. The highest BCUT2D eigenvalue weighted by molar-refractivity contribution is 8.00. The van der Waals surface area contributed by atoms with Gasteiger partial charge >= 0.3 is 6.03 Å². The number of aromatic hydroxyl groups is 1. The second-order valence-electron chi connectivity index (χ2n) is 9.88. The first-order valence-electron chi connectivity index (χ1n) is 13.5. The summed E-state index contributed by atoms with van der Waals surface area (Å²) in [5.41, 5.74) is 0.0945. The molecule has 0 aliphatic carbocycles. The Labute approximate surface area is 233 Å². The Morgan fingerprint density at radius 3 is 2.36 bits per heavy atom. The van der Waals surface area contributed by atoms with Crippen LogP contribution < -0.4 is 10.6 Å². The summed E-state index contributed by atoms with van der Waals surface area (Å²) >= 11 is 1.89. The van der Waals surface area contributed by atoms with Gasteiger partial charge < -0.3 is 25.2 Å². The molecule has 0 radical (unpaired) electrons. The van der Waals surface area contributed by atoms with E-state index in [0.717, 1.165) is 31.9 Å². The van der Waals surface area contributed by atoms with E-state index in [4.69, 9.17) is 9.47 Å². The molecule has 2 fully saturated rings. The number of phenolic OH excluding ortho intramolecular Hbond substituents is 1. The summed E-state index contributed by atoms with van der Waals surface area (Å²) in [7, 11) is 0. The number of fused-ring (bicyclic) bond motifs is 1. The third kappa shape index (κ3) is 9.74. The summed E-state index contributed by atoms with van der Waals surface area (Å²) < 4.78 is 11.0. The number of thioether (sulfide) groups is 1. The lowest BCUT2D eigenvalue weighted by molar-refractivity contribution is -0.119. The molecule has 0 spiro atoms. The maximum atomic E-state index is 12.4. The molecule has 0 saturated carbocycles. The molecule has 11 heteroatoms. The number of benzene rings is 1. The standard InChI is InChI=1S/C28H38N2O8S/c1-18(31)27(35)19-10-11-24(34)21(16-19)23(33)8-5-13-38-15-14-37-12-4-7-20(32)6-2-3-9-25-26-22(17-39-25)29-28(36)30-26/h10-11,16,22,25-26,34H,2-9,12-15,17H2,1H3,(H2,29,30,36). The average Bonchev–Trinajstić information content (AvgIpc) is 3.46. The molecule has 2 saturated heterocycles. The van der Waals surface area contributed by atoms with Crippen LogP contribution >= 0.6 is 11.8 Å². The Kier molecular flexibility index (Phi) is 12.4. The minimum atomic E-state index is -0.705. The van der Waals surface area contributed by atoms with Crippen molar-refractivity contribution in [1.82, 2.24) is 10.6 Å². The summed E-state index contributed by atoms with van der Waals surface area (Å²) in [6.45, 7) is 2.74. The van der Waals surface area contributed by atoms with Gasteiger partial charge in [0.15, 0.2) is 11.6 Å². The van der Waals surface area contributed by atoms with E-state index in [1.54, 1.807) is 0 Å². The van der Waals surface area contributed by atoms with Crippen molar-refractivity contribution in [2.24, 2.45) is 0 Å². The van der Waals surface area contributed by atoms with E-state index in [-0.39, 0.29) is 53.0 Å². The largest absolute Gasteiger partial charge is 0.507 e. The molecule has 3 rings (SSSR count). The maximum absolute atomic E-state index is 12.4. The number of nitrogens with one attached hydrogen (secondary N) is 2. The fourth-order valence-electron chi connectivity index (χ4n) is 4.70. The van der Waals surface area contributed by atoms with Crippen LogP contribution in [0.3, 0.4) is 0 Å². The van der Waals surface area contributed by atoms with E-state index < -0.39 is 11.6 Å². The molecule has 0 aromatic heterocycles. The summed E-state index contributed by atoms with van der Waals surface area (Å²) in [6, 6.07) is 4.19. The number of amides is 2. The number of carbonyl (C=O) groups is 5. The zero-order valence-corrected chi connectivity index (χ0v) is 23.2. The van der Waals surface area contributed by atoms with Crippen molar-refractivity contribution in [1.29, 1.82) is 0 Å². The Morgan fingerprint density at radius 1 is 0.949 bits per heavy atom. The van der Waals surface area contributed by atoms with E-state index in [9.17, 15) is 29.1 Å². The number of urea groups is 1. The quantitative estimate of drug-likeness (QED) is 0.1000. The molecular weight excluding hydrogens is 524 g/mol. The predicted octanol–water partition coefficient (Wildman–Crippen LogP) is 3.24. The van der Waals surface area contributed by atoms with Gasteiger partial charge in [-0.25, -0.2) is 4.79 Å². The Morgan fingerprint density at radius 2 is 1.64 bits per heavy atom. The Bertz CT molecular complexity index is 1050. The number of phenols is 1. The Hall–Kier alpha value is -2.76. The number of unbranched alkanes of at least 4 members (excludes halogenated alkanes) is 1.